The van der Waals surface area contributed by atoms with Gasteiger partial charge in [-0.1, -0.05) is 0 Å². The summed E-state index contributed by atoms with van der Waals surface area (Å²) in [4.78, 5) is 11.5. The predicted octanol–water partition coefficient (Wildman–Crippen LogP) is 2.18. The van der Waals surface area contributed by atoms with Gasteiger partial charge >= 0.3 is 6.09 Å². The van der Waals surface area contributed by atoms with Crippen molar-refractivity contribution < 1.29 is 14.3 Å². The van der Waals surface area contributed by atoms with E-state index in [1.165, 1.54) is 0 Å². The van der Waals surface area contributed by atoms with Gasteiger partial charge in [-0.3, -0.25) is 0 Å². The van der Waals surface area contributed by atoms with Gasteiger partial charge in [-0.15, -0.1) is 0 Å². The Hall–Kier alpha value is -1.23. The smallest absolute Gasteiger partial charge is 0.407 e. The zero-order valence-electron chi connectivity index (χ0n) is 12.4. The summed E-state index contributed by atoms with van der Waals surface area (Å²) in [5.41, 5.74) is -0.455. The predicted molar refractivity (Wildman–Crippen MR) is 74.9 cm³/mol. The molecule has 1 amide bonds. The standard InChI is InChI=1S/C14H26N2O3/c1-11(9-16-13(17)19-14(2,3)4)15-10-12-7-5-6-8-18-12/h6,8,11-12,15H,5,7,9-10H2,1-4H3,(H,16,17). The molecule has 5 heteroatoms. The molecular formula is C14H26N2O3. The van der Waals surface area contributed by atoms with E-state index in [1.54, 1.807) is 6.26 Å². The Kier molecular flexibility index (Phi) is 6.15. The second kappa shape index (κ2) is 7.38. The molecule has 0 spiro atoms. The lowest BCUT2D eigenvalue weighted by molar-refractivity contribution is 0.0522. The molecule has 1 aliphatic heterocycles. The molecule has 0 bridgehead atoms. The van der Waals surface area contributed by atoms with E-state index in [0.29, 0.717) is 6.54 Å². The number of alkyl carbamates (subject to hydrolysis) is 1. The highest BCUT2D eigenvalue weighted by molar-refractivity contribution is 5.67. The molecule has 2 N–H and O–H groups in total. The Morgan fingerprint density at radius 2 is 2.26 bits per heavy atom. The first-order chi connectivity index (χ1) is 8.87. The number of amides is 1. The van der Waals surface area contributed by atoms with Crippen LogP contribution in [-0.2, 0) is 9.47 Å². The molecule has 5 nitrogen and oxygen atoms in total. The maximum absolute atomic E-state index is 11.5. The van der Waals surface area contributed by atoms with E-state index in [0.717, 1.165) is 19.4 Å². The van der Waals surface area contributed by atoms with E-state index in [4.69, 9.17) is 9.47 Å². The van der Waals surface area contributed by atoms with Crippen molar-refractivity contribution >= 4 is 6.09 Å². The third kappa shape index (κ3) is 7.72. The van der Waals surface area contributed by atoms with Crippen molar-refractivity contribution in [1.29, 1.82) is 0 Å². The highest BCUT2D eigenvalue weighted by Gasteiger charge is 2.17. The molecule has 110 valence electrons. The Labute approximate surface area is 115 Å². The second-order valence-corrected chi connectivity index (χ2v) is 5.90. The average molecular weight is 270 g/mol. The molecule has 0 radical (unpaired) electrons. The molecular weight excluding hydrogens is 244 g/mol. The van der Waals surface area contributed by atoms with Crippen molar-refractivity contribution in [2.45, 2.75) is 58.3 Å². The van der Waals surface area contributed by atoms with Gasteiger partial charge in [0.15, 0.2) is 0 Å². The summed E-state index contributed by atoms with van der Waals surface area (Å²) in [6.45, 7) is 8.90. The van der Waals surface area contributed by atoms with Crippen LogP contribution >= 0.6 is 0 Å². The molecule has 19 heavy (non-hydrogen) atoms. The van der Waals surface area contributed by atoms with Crippen LogP contribution in [0.4, 0.5) is 4.79 Å². The minimum Gasteiger partial charge on any atom is -0.497 e. The van der Waals surface area contributed by atoms with Crippen molar-refractivity contribution in [3.05, 3.63) is 12.3 Å². The maximum atomic E-state index is 11.5. The number of ether oxygens (including phenoxy) is 2. The van der Waals surface area contributed by atoms with Gasteiger partial charge in [-0.2, -0.15) is 0 Å². The summed E-state index contributed by atoms with van der Waals surface area (Å²) in [5, 5.41) is 6.09. The number of carbonyl (C=O) groups excluding carboxylic acids is 1. The van der Waals surface area contributed by atoms with Gasteiger partial charge in [-0.25, -0.2) is 4.79 Å². The summed E-state index contributed by atoms with van der Waals surface area (Å²) in [6.07, 6.45) is 5.75. The van der Waals surface area contributed by atoms with Gasteiger partial charge < -0.3 is 20.1 Å². The van der Waals surface area contributed by atoms with Crippen LogP contribution in [0, 0.1) is 0 Å². The van der Waals surface area contributed by atoms with Crippen molar-refractivity contribution in [1.82, 2.24) is 10.6 Å². The van der Waals surface area contributed by atoms with Crippen molar-refractivity contribution in [2.75, 3.05) is 13.1 Å². The van der Waals surface area contributed by atoms with Crippen LogP contribution in [0.5, 0.6) is 0 Å². The first kappa shape index (κ1) is 15.8. The fourth-order valence-electron chi connectivity index (χ4n) is 1.69. The number of hydrogen-bond donors (Lipinski definition) is 2. The molecule has 0 aromatic carbocycles. The van der Waals surface area contributed by atoms with Crippen LogP contribution in [0.15, 0.2) is 12.3 Å². The first-order valence-electron chi connectivity index (χ1n) is 6.87. The number of carbonyl (C=O) groups is 1. The molecule has 0 aromatic heterocycles. The fraction of sp³-hybridized carbons (Fsp3) is 0.786. The lowest BCUT2D eigenvalue weighted by Crippen LogP contribution is -2.43. The fourth-order valence-corrected chi connectivity index (χ4v) is 1.69. The van der Waals surface area contributed by atoms with Crippen LogP contribution in [-0.4, -0.2) is 36.9 Å². The van der Waals surface area contributed by atoms with E-state index >= 15 is 0 Å². The highest BCUT2D eigenvalue weighted by Crippen LogP contribution is 2.09. The second-order valence-electron chi connectivity index (χ2n) is 5.90. The molecule has 0 saturated heterocycles. The van der Waals surface area contributed by atoms with E-state index < -0.39 is 5.60 Å². The van der Waals surface area contributed by atoms with Crippen molar-refractivity contribution in [2.24, 2.45) is 0 Å². The molecule has 0 aromatic rings. The van der Waals surface area contributed by atoms with Gasteiger partial charge in [-0.05, 0) is 46.6 Å². The van der Waals surface area contributed by atoms with Crippen LogP contribution < -0.4 is 10.6 Å². The summed E-state index contributed by atoms with van der Waals surface area (Å²) < 4.78 is 10.6. The van der Waals surface area contributed by atoms with Crippen molar-refractivity contribution in [3.63, 3.8) is 0 Å². The largest absolute Gasteiger partial charge is 0.497 e. The third-order valence-corrected chi connectivity index (χ3v) is 2.67. The topological polar surface area (TPSA) is 59.6 Å². The molecule has 0 saturated carbocycles. The number of nitrogens with one attached hydrogen (secondary N) is 2. The first-order valence-corrected chi connectivity index (χ1v) is 6.87. The Morgan fingerprint density at radius 3 is 2.84 bits per heavy atom. The molecule has 2 atom stereocenters. The van der Waals surface area contributed by atoms with Crippen LogP contribution in [0.1, 0.15) is 40.5 Å². The molecule has 1 aliphatic rings. The zero-order valence-corrected chi connectivity index (χ0v) is 12.4. The van der Waals surface area contributed by atoms with Gasteiger partial charge in [0.1, 0.15) is 11.7 Å². The molecule has 1 rings (SSSR count). The Bertz CT molecular complexity index is 310. The number of allylic oxidation sites excluding steroid dienone is 1. The van der Waals surface area contributed by atoms with E-state index in [2.05, 4.69) is 10.6 Å². The lowest BCUT2D eigenvalue weighted by atomic mass is 10.1. The molecule has 1 heterocycles. The number of hydrogen-bond acceptors (Lipinski definition) is 4. The Balaban J connectivity index is 2.12. The van der Waals surface area contributed by atoms with Gasteiger partial charge in [0.2, 0.25) is 0 Å². The maximum Gasteiger partial charge on any atom is 0.407 e. The zero-order chi connectivity index (χ0) is 14.3. The van der Waals surface area contributed by atoms with E-state index in [-0.39, 0.29) is 18.2 Å². The third-order valence-electron chi connectivity index (χ3n) is 2.67. The summed E-state index contributed by atoms with van der Waals surface area (Å²) in [5.74, 6) is 0. The minimum absolute atomic E-state index is 0.182. The lowest BCUT2D eigenvalue weighted by Gasteiger charge is -2.23. The minimum atomic E-state index is -0.455. The van der Waals surface area contributed by atoms with Gasteiger partial charge in [0.05, 0.1) is 6.26 Å². The SMILES string of the molecule is CC(CNC(=O)OC(C)(C)C)NCC1CCC=CO1. The van der Waals surface area contributed by atoms with E-state index in [9.17, 15) is 4.79 Å². The summed E-state index contributed by atoms with van der Waals surface area (Å²) in [6, 6.07) is 0.182. The van der Waals surface area contributed by atoms with Gasteiger partial charge in [0.25, 0.3) is 0 Å². The molecule has 0 fully saturated rings. The summed E-state index contributed by atoms with van der Waals surface area (Å²) in [7, 11) is 0. The van der Waals surface area contributed by atoms with Crippen molar-refractivity contribution in [3.8, 4) is 0 Å². The van der Waals surface area contributed by atoms with Crippen LogP contribution in [0.25, 0.3) is 0 Å². The van der Waals surface area contributed by atoms with Crippen LogP contribution in [0.2, 0.25) is 0 Å². The molecule has 0 aliphatic carbocycles. The highest BCUT2D eigenvalue weighted by atomic mass is 16.6. The van der Waals surface area contributed by atoms with E-state index in [1.807, 2.05) is 33.8 Å². The van der Waals surface area contributed by atoms with Crippen LogP contribution in [0.3, 0.4) is 0 Å². The van der Waals surface area contributed by atoms with Gasteiger partial charge in [0, 0.05) is 19.1 Å². The number of rotatable bonds is 5. The normalized spacial score (nSPS) is 20.5. The quantitative estimate of drug-likeness (QED) is 0.804. The Morgan fingerprint density at radius 1 is 1.53 bits per heavy atom. The summed E-state index contributed by atoms with van der Waals surface area (Å²) >= 11 is 0. The molecule has 2 unspecified atom stereocenters. The monoisotopic (exact) mass is 270 g/mol. The average Bonchev–Trinajstić information content (AvgIpc) is 2.33.